The molecular formula is C21H27N2O11P. The van der Waals surface area contributed by atoms with Crippen molar-refractivity contribution in [1.82, 2.24) is 9.55 Å². The predicted octanol–water partition coefficient (Wildman–Crippen LogP) is 0.887. The summed E-state index contributed by atoms with van der Waals surface area (Å²) in [5.74, 6) is 1.07. The van der Waals surface area contributed by atoms with Crippen LogP contribution in [-0.2, 0) is 41.9 Å². The lowest BCUT2D eigenvalue weighted by molar-refractivity contribution is -0.170. The molecule has 13 nitrogen and oxygen atoms in total. The smallest absolute Gasteiger partial charge is 0.460 e. The Hall–Kier alpha value is -2.75. The van der Waals surface area contributed by atoms with Crippen LogP contribution in [0.2, 0.25) is 0 Å². The van der Waals surface area contributed by atoms with Gasteiger partial charge in [0.15, 0.2) is 6.23 Å². The van der Waals surface area contributed by atoms with Crippen molar-refractivity contribution >= 4 is 19.8 Å². The van der Waals surface area contributed by atoms with Crippen molar-refractivity contribution in [3.05, 3.63) is 33.1 Å². The number of phosphoric acid groups is 1. The fourth-order valence-electron chi connectivity index (χ4n) is 3.74. The molecule has 1 aromatic heterocycles. The molecule has 1 aromatic rings. The Labute approximate surface area is 200 Å². The number of hydrogen-bond acceptors (Lipinski definition) is 11. The lowest BCUT2D eigenvalue weighted by atomic mass is 9.83. The summed E-state index contributed by atoms with van der Waals surface area (Å²) in [6.45, 7) is 5.42. The van der Waals surface area contributed by atoms with Crippen molar-refractivity contribution in [3.8, 4) is 12.3 Å². The largest absolute Gasteiger partial charge is 0.475 e. The fourth-order valence-corrected chi connectivity index (χ4v) is 5.22. The van der Waals surface area contributed by atoms with E-state index in [1.807, 2.05) is 0 Å². The lowest BCUT2D eigenvalue weighted by Crippen LogP contribution is -2.43. The second-order valence-electron chi connectivity index (χ2n) is 8.45. The van der Waals surface area contributed by atoms with Gasteiger partial charge in [-0.15, -0.1) is 6.42 Å². The highest BCUT2D eigenvalue weighted by molar-refractivity contribution is 7.48. The molecule has 0 bridgehead atoms. The van der Waals surface area contributed by atoms with Gasteiger partial charge < -0.3 is 14.2 Å². The van der Waals surface area contributed by atoms with E-state index < -0.39 is 67.1 Å². The number of hydrogen-bond donors (Lipinski definition) is 1. The van der Waals surface area contributed by atoms with Gasteiger partial charge in [0.2, 0.25) is 6.10 Å². The summed E-state index contributed by atoms with van der Waals surface area (Å²) >= 11 is 0. The molecule has 35 heavy (non-hydrogen) atoms. The van der Waals surface area contributed by atoms with Crippen LogP contribution in [0.25, 0.3) is 0 Å². The number of aromatic amines is 1. The summed E-state index contributed by atoms with van der Waals surface area (Å²) in [6.07, 6.45) is 2.27. The second kappa shape index (κ2) is 10.5. The highest BCUT2D eigenvalue weighted by atomic mass is 31.2. The normalized spacial score (nSPS) is 30.8. The average Bonchev–Trinajstić information content (AvgIpc) is 3.04. The van der Waals surface area contributed by atoms with Crippen molar-refractivity contribution in [2.24, 2.45) is 5.41 Å². The molecular weight excluding hydrogens is 487 g/mol. The van der Waals surface area contributed by atoms with E-state index in [9.17, 15) is 23.7 Å². The molecule has 0 aliphatic carbocycles. The maximum atomic E-state index is 13.2. The summed E-state index contributed by atoms with van der Waals surface area (Å²) in [4.78, 5) is 49.4. The number of carbonyl (C=O) groups is 2. The number of carbonyl (C=O) groups excluding carboxylic acids is 2. The third-order valence-corrected chi connectivity index (χ3v) is 6.80. The maximum Gasteiger partial charge on any atom is 0.475 e. The van der Waals surface area contributed by atoms with Crippen LogP contribution in [0.5, 0.6) is 0 Å². The van der Waals surface area contributed by atoms with Crippen molar-refractivity contribution < 1.29 is 41.9 Å². The van der Waals surface area contributed by atoms with Gasteiger partial charge in [-0.25, -0.2) is 14.2 Å². The van der Waals surface area contributed by atoms with Gasteiger partial charge in [0, 0.05) is 25.6 Å². The third-order valence-electron chi connectivity index (χ3n) is 5.35. The standard InChI is InChI=1S/C21H27N2O11P/c1-6-21(5)17-15(33-19(21)23-9-7-16(25)22-20(23)27)11-30-35(28,34-17)29-10-8-14(32-13(4)24)18(26)31-12(2)3/h1,7,9,12,14-15,17,19H,8,10-11H2,2-5H3,(H,22,25,27)/t14-,15-,17-,19-,21-,35-/m1/s1. The highest BCUT2D eigenvalue weighted by Gasteiger charge is 2.60. The van der Waals surface area contributed by atoms with Crippen LogP contribution in [0.3, 0.4) is 0 Å². The van der Waals surface area contributed by atoms with Crippen molar-refractivity contribution in [2.75, 3.05) is 13.2 Å². The van der Waals surface area contributed by atoms with E-state index >= 15 is 0 Å². The van der Waals surface area contributed by atoms with E-state index in [-0.39, 0.29) is 19.6 Å². The molecule has 0 radical (unpaired) electrons. The molecule has 2 fully saturated rings. The Bertz CT molecular complexity index is 1170. The number of phosphoric ester groups is 1. The number of aromatic nitrogens is 2. The molecule has 3 rings (SSSR count). The van der Waals surface area contributed by atoms with Gasteiger partial charge in [0.1, 0.15) is 17.6 Å². The Balaban J connectivity index is 1.72. The monoisotopic (exact) mass is 514 g/mol. The van der Waals surface area contributed by atoms with Gasteiger partial charge in [-0.1, -0.05) is 5.92 Å². The minimum atomic E-state index is -4.18. The first-order chi connectivity index (χ1) is 16.4. The minimum Gasteiger partial charge on any atom is -0.460 e. The molecule has 0 saturated carbocycles. The second-order valence-corrected chi connectivity index (χ2v) is 10.1. The van der Waals surface area contributed by atoms with E-state index in [0.29, 0.717) is 0 Å². The Kier molecular flexibility index (Phi) is 8.03. The summed E-state index contributed by atoms with van der Waals surface area (Å²) in [6, 6.07) is 1.14. The zero-order valence-electron chi connectivity index (χ0n) is 19.6. The molecule has 0 amide bonds. The van der Waals surface area contributed by atoms with Crippen LogP contribution in [0, 0.1) is 17.8 Å². The van der Waals surface area contributed by atoms with Crippen LogP contribution >= 0.6 is 7.82 Å². The summed E-state index contributed by atoms with van der Waals surface area (Å²) in [5.41, 5.74) is -2.63. The van der Waals surface area contributed by atoms with Gasteiger partial charge in [-0.3, -0.25) is 32.7 Å². The van der Waals surface area contributed by atoms with Crippen LogP contribution < -0.4 is 11.2 Å². The molecule has 0 aromatic carbocycles. The maximum absolute atomic E-state index is 13.2. The number of ether oxygens (including phenoxy) is 3. The third kappa shape index (κ3) is 5.91. The molecule has 14 heteroatoms. The van der Waals surface area contributed by atoms with Gasteiger partial charge in [0.25, 0.3) is 5.56 Å². The van der Waals surface area contributed by atoms with E-state index in [2.05, 4.69) is 10.9 Å². The SMILES string of the molecule is C#C[C@]1(C)[C@@H]2O[P@](=O)(OCC[C@@H](OC(C)=O)C(=O)OC(C)C)OC[C@H]2O[C@H]1n1ccc(=O)[nH]c1=O. The minimum absolute atomic E-state index is 0.172. The zero-order valence-corrected chi connectivity index (χ0v) is 20.5. The van der Waals surface area contributed by atoms with Crippen molar-refractivity contribution in [1.29, 1.82) is 0 Å². The van der Waals surface area contributed by atoms with Crippen molar-refractivity contribution in [2.45, 2.75) is 64.8 Å². The van der Waals surface area contributed by atoms with Crippen molar-refractivity contribution in [3.63, 3.8) is 0 Å². The first-order valence-electron chi connectivity index (χ1n) is 10.8. The number of rotatable bonds is 8. The highest BCUT2D eigenvalue weighted by Crippen LogP contribution is 2.60. The summed E-state index contributed by atoms with van der Waals surface area (Å²) in [5, 5.41) is 0. The summed E-state index contributed by atoms with van der Waals surface area (Å²) < 4.78 is 46.4. The number of esters is 2. The predicted molar refractivity (Wildman–Crippen MR) is 118 cm³/mol. The number of fused-ring (bicyclic) bond motifs is 1. The molecule has 0 unspecified atom stereocenters. The molecule has 2 saturated heterocycles. The zero-order chi connectivity index (χ0) is 26.0. The number of nitrogens with one attached hydrogen (secondary N) is 1. The average molecular weight is 514 g/mol. The molecule has 2 aliphatic heterocycles. The number of nitrogens with zero attached hydrogens (tertiary/aromatic N) is 1. The molecule has 192 valence electrons. The molecule has 3 heterocycles. The first kappa shape index (κ1) is 26.8. The van der Waals surface area contributed by atoms with E-state index in [4.69, 9.17) is 34.2 Å². The van der Waals surface area contributed by atoms with E-state index in [0.717, 1.165) is 17.6 Å². The van der Waals surface area contributed by atoms with Gasteiger partial charge in [-0.2, -0.15) is 0 Å². The van der Waals surface area contributed by atoms with Gasteiger partial charge in [-0.05, 0) is 20.8 Å². The quantitative estimate of drug-likeness (QED) is 0.298. The van der Waals surface area contributed by atoms with Gasteiger partial charge in [0.05, 0.1) is 19.3 Å². The molecule has 0 spiro atoms. The topological polar surface area (TPSA) is 161 Å². The Morgan fingerprint density at radius 1 is 1.37 bits per heavy atom. The lowest BCUT2D eigenvalue weighted by Gasteiger charge is -2.35. The van der Waals surface area contributed by atoms with Crippen LogP contribution in [0.1, 0.15) is 40.3 Å². The van der Waals surface area contributed by atoms with Crippen LogP contribution in [0.4, 0.5) is 0 Å². The molecule has 1 N–H and O–H groups in total. The number of H-pyrrole nitrogens is 1. The van der Waals surface area contributed by atoms with Crippen LogP contribution in [-0.4, -0.2) is 59.1 Å². The Morgan fingerprint density at radius 2 is 2.09 bits per heavy atom. The van der Waals surface area contributed by atoms with E-state index in [1.54, 1.807) is 20.8 Å². The summed E-state index contributed by atoms with van der Waals surface area (Å²) in [7, 11) is -4.18. The number of terminal acetylenes is 1. The van der Waals surface area contributed by atoms with Gasteiger partial charge >= 0.3 is 25.5 Å². The Morgan fingerprint density at radius 3 is 2.69 bits per heavy atom. The molecule has 6 atom stereocenters. The fraction of sp³-hybridized carbons (Fsp3) is 0.619. The van der Waals surface area contributed by atoms with E-state index in [1.165, 1.54) is 6.20 Å². The molecule has 2 aliphatic rings. The first-order valence-corrected chi connectivity index (χ1v) is 12.2. The van der Waals surface area contributed by atoms with Crippen LogP contribution in [0.15, 0.2) is 21.9 Å².